The third-order valence-electron chi connectivity index (χ3n) is 3.91. The SMILES string of the molecule is Cl.O=C(CNCC1CC1)Nc1cccn(Cc2ccccc2)c1=O. The van der Waals surface area contributed by atoms with Gasteiger partial charge in [-0.1, -0.05) is 30.3 Å². The third-order valence-corrected chi connectivity index (χ3v) is 3.91. The molecular formula is C18H22ClN3O2. The third kappa shape index (κ3) is 5.22. The molecule has 2 aromatic rings. The van der Waals surface area contributed by atoms with Gasteiger partial charge in [0.25, 0.3) is 5.56 Å². The second-order valence-electron chi connectivity index (χ2n) is 5.96. The minimum absolute atomic E-state index is 0. The summed E-state index contributed by atoms with van der Waals surface area (Å²) in [6, 6.07) is 13.2. The maximum Gasteiger partial charge on any atom is 0.274 e. The lowest BCUT2D eigenvalue weighted by molar-refractivity contribution is -0.115. The minimum Gasteiger partial charge on any atom is -0.320 e. The highest BCUT2D eigenvalue weighted by atomic mass is 35.5. The first-order valence-electron chi connectivity index (χ1n) is 7.96. The van der Waals surface area contributed by atoms with Crippen LogP contribution in [0.2, 0.25) is 0 Å². The molecule has 0 saturated heterocycles. The number of rotatable bonds is 7. The molecule has 128 valence electrons. The molecule has 3 rings (SSSR count). The number of benzene rings is 1. The minimum atomic E-state index is -0.188. The molecule has 0 aliphatic heterocycles. The number of nitrogens with one attached hydrogen (secondary N) is 2. The predicted octanol–water partition coefficient (Wildman–Crippen LogP) is 2.26. The van der Waals surface area contributed by atoms with E-state index in [2.05, 4.69) is 10.6 Å². The van der Waals surface area contributed by atoms with Crippen molar-refractivity contribution in [1.29, 1.82) is 0 Å². The maximum absolute atomic E-state index is 12.4. The van der Waals surface area contributed by atoms with Gasteiger partial charge in [-0.05, 0) is 43.0 Å². The van der Waals surface area contributed by atoms with Crippen LogP contribution in [0.15, 0.2) is 53.5 Å². The molecule has 0 atom stereocenters. The Balaban J connectivity index is 0.00000208. The van der Waals surface area contributed by atoms with Gasteiger partial charge in [0.1, 0.15) is 5.69 Å². The van der Waals surface area contributed by atoms with Gasteiger partial charge < -0.3 is 15.2 Å². The Kier molecular flexibility index (Phi) is 6.58. The number of amides is 1. The Hall–Kier alpha value is -2.11. The molecule has 24 heavy (non-hydrogen) atoms. The quantitative estimate of drug-likeness (QED) is 0.807. The van der Waals surface area contributed by atoms with Crippen molar-refractivity contribution in [2.24, 2.45) is 5.92 Å². The Labute approximate surface area is 147 Å². The summed E-state index contributed by atoms with van der Waals surface area (Å²) in [6.45, 7) is 1.60. The van der Waals surface area contributed by atoms with E-state index in [0.717, 1.165) is 18.0 Å². The topological polar surface area (TPSA) is 63.1 Å². The summed E-state index contributed by atoms with van der Waals surface area (Å²) in [5.74, 6) is 0.544. The molecule has 1 aromatic carbocycles. The number of carbonyl (C=O) groups excluding carboxylic acids is 1. The van der Waals surface area contributed by atoms with Gasteiger partial charge in [0.15, 0.2) is 0 Å². The van der Waals surface area contributed by atoms with Crippen molar-refractivity contribution >= 4 is 24.0 Å². The zero-order valence-electron chi connectivity index (χ0n) is 13.4. The lowest BCUT2D eigenvalue weighted by Crippen LogP contribution is -2.32. The maximum atomic E-state index is 12.4. The first-order chi connectivity index (χ1) is 11.2. The molecule has 1 aromatic heterocycles. The first kappa shape index (κ1) is 18.2. The zero-order chi connectivity index (χ0) is 16.1. The number of halogens is 1. The molecule has 1 fully saturated rings. The normalized spacial score (nSPS) is 13.2. The van der Waals surface area contributed by atoms with Crippen LogP contribution in [0.5, 0.6) is 0 Å². The molecule has 1 saturated carbocycles. The van der Waals surface area contributed by atoms with Gasteiger partial charge in [0.2, 0.25) is 5.91 Å². The summed E-state index contributed by atoms with van der Waals surface area (Å²) in [5.41, 5.74) is 1.18. The highest BCUT2D eigenvalue weighted by molar-refractivity contribution is 5.92. The average molecular weight is 348 g/mol. The van der Waals surface area contributed by atoms with E-state index in [-0.39, 0.29) is 30.4 Å². The molecule has 0 unspecified atom stereocenters. The van der Waals surface area contributed by atoms with Crippen molar-refractivity contribution in [3.05, 3.63) is 64.6 Å². The molecule has 1 aliphatic carbocycles. The van der Waals surface area contributed by atoms with Crippen molar-refractivity contribution in [1.82, 2.24) is 9.88 Å². The van der Waals surface area contributed by atoms with Gasteiger partial charge in [0, 0.05) is 6.20 Å². The summed E-state index contributed by atoms with van der Waals surface area (Å²) in [4.78, 5) is 24.3. The van der Waals surface area contributed by atoms with Crippen molar-refractivity contribution in [3.8, 4) is 0 Å². The van der Waals surface area contributed by atoms with Gasteiger partial charge in [-0.25, -0.2) is 0 Å². The van der Waals surface area contributed by atoms with E-state index in [9.17, 15) is 9.59 Å². The lowest BCUT2D eigenvalue weighted by atomic mass is 10.2. The van der Waals surface area contributed by atoms with E-state index in [0.29, 0.717) is 12.2 Å². The fraction of sp³-hybridized carbons (Fsp3) is 0.333. The Bertz CT molecular complexity index is 727. The Morgan fingerprint density at radius 3 is 2.58 bits per heavy atom. The first-order valence-corrected chi connectivity index (χ1v) is 7.96. The van der Waals surface area contributed by atoms with E-state index in [4.69, 9.17) is 0 Å². The Morgan fingerprint density at radius 2 is 1.88 bits per heavy atom. The molecule has 2 N–H and O–H groups in total. The molecular weight excluding hydrogens is 326 g/mol. The fourth-order valence-corrected chi connectivity index (χ4v) is 2.44. The summed E-state index contributed by atoms with van der Waals surface area (Å²) in [5, 5.41) is 5.82. The molecule has 5 nitrogen and oxygen atoms in total. The monoisotopic (exact) mass is 347 g/mol. The van der Waals surface area contributed by atoms with Crippen LogP contribution in [0.3, 0.4) is 0 Å². The van der Waals surface area contributed by atoms with Crippen molar-refractivity contribution < 1.29 is 4.79 Å². The molecule has 1 aliphatic rings. The predicted molar refractivity (Wildman–Crippen MR) is 97.7 cm³/mol. The Morgan fingerprint density at radius 1 is 1.12 bits per heavy atom. The second-order valence-corrected chi connectivity index (χ2v) is 5.96. The van der Waals surface area contributed by atoms with Gasteiger partial charge in [-0.15, -0.1) is 12.4 Å². The molecule has 0 spiro atoms. The van der Waals surface area contributed by atoms with Gasteiger partial charge in [-0.3, -0.25) is 9.59 Å². The van der Waals surface area contributed by atoms with Crippen LogP contribution in [0.25, 0.3) is 0 Å². The number of carbonyl (C=O) groups is 1. The van der Waals surface area contributed by atoms with Gasteiger partial charge in [0.05, 0.1) is 13.1 Å². The number of pyridine rings is 1. The molecule has 6 heteroatoms. The number of hydrogen-bond acceptors (Lipinski definition) is 3. The number of aromatic nitrogens is 1. The number of nitrogens with zero attached hydrogens (tertiary/aromatic N) is 1. The van der Waals surface area contributed by atoms with E-state index >= 15 is 0 Å². The zero-order valence-corrected chi connectivity index (χ0v) is 14.2. The summed E-state index contributed by atoms with van der Waals surface area (Å²) in [7, 11) is 0. The van der Waals surface area contributed by atoms with E-state index in [1.54, 1.807) is 22.9 Å². The van der Waals surface area contributed by atoms with Gasteiger partial charge >= 0.3 is 0 Å². The lowest BCUT2D eigenvalue weighted by Gasteiger charge is -2.10. The van der Waals surface area contributed by atoms with E-state index in [1.807, 2.05) is 30.3 Å². The number of anilines is 1. The summed E-state index contributed by atoms with van der Waals surface area (Å²) in [6.07, 6.45) is 4.23. The van der Waals surface area contributed by atoms with Crippen LogP contribution in [0, 0.1) is 5.92 Å². The van der Waals surface area contributed by atoms with Crippen LogP contribution in [-0.4, -0.2) is 23.6 Å². The van der Waals surface area contributed by atoms with Gasteiger partial charge in [-0.2, -0.15) is 0 Å². The second kappa shape index (κ2) is 8.66. The van der Waals surface area contributed by atoms with Crippen LogP contribution >= 0.6 is 12.4 Å². The van der Waals surface area contributed by atoms with Crippen molar-refractivity contribution in [3.63, 3.8) is 0 Å². The van der Waals surface area contributed by atoms with Crippen molar-refractivity contribution in [2.45, 2.75) is 19.4 Å². The van der Waals surface area contributed by atoms with Crippen molar-refractivity contribution in [2.75, 3.05) is 18.4 Å². The summed E-state index contributed by atoms with van der Waals surface area (Å²) < 4.78 is 1.60. The fourth-order valence-electron chi connectivity index (χ4n) is 2.44. The smallest absolute Gasteiger partial charge is 0.274 e. The van der Waals surface area contributed by atoms with E-state index < -0.39 is 0 Å². The van der Waals surface area contributed by atoms with Crippen LogP contribution < -0.4 is 16.2 Å². The summed E-state index contributed by atoms with van der Waals surface area (Å²) >= 11 is 0. The van der Waals surface area contributed by atoms with Crippen LogP contribution in [-0.2, 0) is 11.3 Å². The molecule has 0 bridgehead atoms. The average Bonchev–Trinajstić information content (AvgIpc) is 3.37. The molecule has 0 radical (unpaired) electrons. The highest BCUT2D eigenvalue weighted by Gasteiger charge is 2.20. The van der Waals surface area contributed by atoms with Crippen LogP contribution in [0.1, 0.15) is 18.4 Å². The highest BCUT2D eigenvalue weighted by Crippen LogP contribution is 2.27. The molecule has 1 heterocycles. The van der Waals surface area contributed by atoms with Crippen LogP contribution in [0.4, 0.5) is 5.69 Å². The molecule has 1 amide bonds. The van der Waals surface area contributed by atoms with E-state index in [1.165, 1.54) is 12.8 Å². The number of hydrogen-bond donors (Lipinski definition) is 2. The standard InChI is InChI=1S/C18H21N3O2.ClH/c22-17(12-19-11-14-8-9-14)20-16-7-4-10-21(18(16)23)13-15-5-2-1-3-6-15;/h1-7,10,14,19H,8-9,11-13H2,(H,20,22);1H. The largest absolute Gasteiger partial charge is 0.320 e.